The van der Waals surface area contributed by atoms with E-state index in [1.165, 1.54) is 10.7 Å². The molecule has 1 aliphatic heterocycles. The molecule has 0 radical (unpaired) electrons. The van der Waals surface area contributed by atoms with E-state index in [1.807, 2.05) is 6.92 Å². The van der Waals surface area contributed by atoms with Crippen LogP contribution in [-0.2, 0) is 4.79 Å². The number of nitrogens with one attached hydrogen (secondary N) is 3. The van der Waals surface area contributed by atoms with E-state index in [1.54, 1.807) is 13.0 Å². The van der Waals surface area contributed by atoms with Gasteiger partial charge in [-0.1, -0.05) is 18.5 Å². The van der Waals surface area contributed by atoms with Crippen molar-refractivity contribution in [2.75, 3.05) is 5.32 Å². The summed E-state index contributed by atoms with van der Waals surface area (Å²) >= 11 is 5.95. The summed E-state index contributed by atoms with van der Waals surface area (Å²) in [5.41, 5.74) is 0.811. The van der Waals surface area contributed by atoms with Crippen LogP contribution in [0.4, 0.5) is 10.2 Å². The average molecular weight is 380 g/mol. The van der Waals surface area contributed by atoms with Crippen LogP contribution in [0, 0.1) is 12.7 Å². The standard InChI is InChI=1S/C17H19ClFN5O2/c1-3-11-8-15(25)22-17(20-11)24-14(6-9(2)23-24)21-16(26)12-5-4-10(19)7-13(12)18/h4-7,11,17,20H,3,8H2,1-2H3,(H,21,26)(H,22,25). The fraction of sp³-hybridized carbons (Fsp3) is 0.353. The summed E-state index contributed by atoms with van der Waals surface area (Å²) in [5, 5.41) is 13.2. The lowest BCUT2D eigenvalue weighted by atomic mass is 10.1. The molecule has 2 aromatic rings. The topological polar surface area (TPSA) is 88.1 Å². The fourth-order valence-electron chi connectivity index (χ4n) is 2.82. The first-order valence-corrected chi connectivity index (χ1v) is 8.63. The molecule has 7 nitrogen and oxygen atoms in total. The Morgan fingerprint density at radius 1 is 1.46 bits per heavy atom. The summed E-state index contributed by atoms with van der Waals surface area (Å²) in [7, 11) is 0. The van der Waals surface area contributed by atoms with E-state index in [0.29, 0.717) is 17.9 Å². The highest BCUT2D eigenvalue weighted by molar-refractivity contribution is 6.34. The zero-order valence-corrected chi connectivity index (χ0v) is 15.1. The molecule has 1 saturated heterocycles. The van der Waals surface area contributed by atoms with Gasteiger partial charge in [-0.2, -0.15) is 5.10 Å². The summed E-state index contributed by atoms with van der Waals surface area (Å²) in [6.07, 6.45) is 0.603. The van der Waals surface area contributed by atoms with Crippen LogP contribution in [0.1, 0.15) is 42.1 Å². The van der Waals surface area contributed by atoms with E-state index in [2.05, 4.69) is 21.0 Å². The Morgan fingerprint density at radius 2 is 2.23 bits per heavy atom. The first kappa shape index (κ1) is 18.3. The van der Waals surface area contributed by atoms with Gasteiger partial charge >= 0.3 is 0 Å². The number of aryl methyl sites for hydroxylation is 1. The molecule has 3 N–H and O–H groups in total. The molecular weight excluding hydrogens is 361 g/mol. The lowest BCUT2D eigenvalue weighted by Crippen LogP contribution is -2.53. The molecule has 0 aliphatic carbocycles. The van der Waals surface area contributed by atoms with Crippen molar-refractivity contribution in [3.05, 3.63) is 46.4 Å². The minimum atomic E-state index is -0.575. The maximum Gasteiger partial charge on any atom is 0.258 e. The van der Waals surface area contributed by atoms with Gasteiger partial charge < -0.3 is 10.6 Å². The maximum absolute atomic E-state index is 13.2. The lowest BCUT2D eigenvalue weighted by Gasteiger charge is -2.31. The predicted molar refractivity (Wildman–Crippen MR) is 95.3 cm³/mol. The highest BCUT2D eigenvalue weighted by atomic mass is 35.5. The zero-order chi connectivity index (χ0) is 18.8. The minimum Gasteiger partial charge on any atom is -0.322 e. The van der Waals surface area contributed by atoms with Crippen molar-refractivity contribution in [3.8, 4) is 0 Å². The molecule has 1 fully saturated rings. The number of hydrogen-bond acceptors (Lipinski definition) is 4. The second-order valence-electron chi connectivity index (χ2n) is 6.14. The van der Waals surface area contributed by atoms with Gasteiger partial charge in [-0.05, 0) is 31.5 Å². The summed E-state index contributed by atoms with van der Waals surface area (Å²) in [5.74, 6) is -0.715. The third-order valence-corrected chi connectivity index (χ3v) is 4.45. The van der Waals surface area contributed by atoms with E-state index in [4.69, 9.17) is 11.6 Å². The Kier molecular flexibility index (Phi) is 5.24. The van der Waals surface area contributed by atoms with Crippen molar-refractivity contribution >= 4 is 29.2 Å². The van der Waals surface area contributed by atoms with Crippen molar-refractivity contribution in [3.63, 3.8) is 0 Å². The first-order chi connectivity index (χ1) is 12.4. The van der Waals surface area contributed by atoms with Crippen molar-refractivity contribution < 1.29 is 14.0 Å². The molecule has 2 unspecified atom stereocenters. The van der Waals surface area contributed by atoms with Crippen molar-refractivity contribution in [2.24, 2.45) is 0 Å². The zero-order valence-electron chi connectivity index (χ0n) is 14.3. The largest absolute Gasteiger partial charge is 0.322 e. The van der Waals surface area contributed by atoms with E-state index in [0.717, 1.165) is 18.6 Å². The SMILES string of the molecule is CCC1CC(=O)NC(n2nc(C)cc2NC(=O)c2ccc(F)cc2Cl)N1. The van der Waals surface area contributed by atoms with Crippen molar-refractivity contribution in [1.29, 1.82) is 0 Å². The number of benzene rings is 1. The molecule has 2 amide bonds. The number of carbonyl (C=O) groups excluding carboxylic acids is 2. The summed E-state index contributed by atoms with van der Waals surface area (Å²) in [6, 6.07) is 5.26. The molecule has 2 heterocycles. The van der Waals surface area contributed by atoms with Crippen LogP contribution < -0.4 is 16.0 Å². The number of hydrogen-bond donors (Lipinski definition) is 3. The number of carbonyl (C=O) groups is 2. The number of halogens is 2. The minimum absolute atomic E-state index is 0.0143. The quantitative estimate of drug-likeness (QED) is 0.761. The van der Waals surface area contributed by atoms with E-state index in [9.17, 15) is 14.0 Å². The van der Waals surface area contributed by atoms with Gasteiger partial charge in [-0.25, -0.2) is 9.07 Å². The smallest absolute Gasteiger partial charge is 0.258 e. The second kappa shape index (κ2) is 7.43. The lowest BCUT2D eigenvalue weighted by molar-refractivity contribution is -0.125. The average Bonchev–Trinajstić information content (AvgIpc) is 2.94. The van der Waals surface area contributed by atoms with Crippen LogP contribution in [-0.4, -0.2) is 27.6 Å². The van der Waals surface area contributed by atoms with Gasteiger partial charge in [0.05, 0.1) is 16.3 Å². The van der Waals surface area contributed by atoms with Gasteiger partial charge in [-0.3, -0.25) is 14.9 Å². The van der Waals surface area contributed by atoms with E-state index >= 15 is 0 Å². The Hall–Kier alpha value is -2.45. The van der Waals surface area contributed by atoms with Gasteiger partial charge in [0.15, 0.2) is 6.29 Å². The highest BCUT2D eigenvalue weighted by Gasteiger charge is 2.28. The molecular formula is C17H19ClFN5O2. The Morgan fingerprint density at radius 3 is 2.92 bits per heavy atom. The third-order valence-electron chi connectivity index (χ3n) is 4.14. The Labute approximate surface area is 154 Å². The molecule has 9 heteroatoms. The number of amides is 2. The van der Waals surface area contributed by atoms with Crippen LogP contribution in [0.3, 0.4) is 0 Å². The van der Waals surface area contributed by atoms with Crippen LogP contribution in [0.15, 0.2) is 24.3 Å². The van der Waals surface area contributed by atoms with Crippen LogP contribution in [0.2, 0.25) is 5.02 Å². The number of anilines is 1. The van der Waals surface area contributed by atoms with Crippen LogP contribution in [0.25, 0.3) is 0 Å². The maximum atomic E-state index is 13.2. The summed E-state index contributed by atoms with van der Waals surface area (Å²) in [6.45, 7) is 3.76. The molecule has 1 aromatic carbocycles. The normalized spacial score (nSPS) is 19.9. The number of nitrogens with zero attached hydrogens (tertiary/aromatic N) is 2. The molecule has 2 atom stereocenters. The predicted octanol–water partition coefficient (Wildman–Crippen LogP) is 2.58. The molecule has 1 aliphatic rings. The monoisotopic (exact) mass is 379 g/mol. The molecule has 3 rings (SSSR count). The van der Waals surface area contributed by atoms with Gasteiger partial charge in [0.1, 0.15) is 11.6 Å². The second-order valence-corrected chi connectivity index (χ2v) is 6.55. The molecule has 0 bridgehead atoms. The highest BCUT2D eigenvalue weighted by Crippen LogP contribution is 2.21. The third kappa shape index (κ3) is 3.86. The van der Waals surface area contributed by atoms with E-state index in [-0.39, 0.29) is 22.5 Å². The Balaban J connectivity index is 1.85. The number of rotatable bonds is 4. The summed E-state index contributed by atoms with van der Waals surface area (Å²) < 4.78 is 14.7. The molecule has 138 valence electrons. The van der Waals surface area contributed by atoms with Gasteiger partial charge in [0.25, 0.3) is 5.91 Å². The number of aromatic nitrogens is 2. The van der Waals surface area contributed by atoms with Gasteiger partial charge in [-0.15, -0.1) is 0 Å². The summed E-state index contributed by atoms with van der Waals surface area (Å²) in [4.78, 5) is 24.4. The van der Waals surface area contributed by atoms with Crippen LogP contribution >= 0.6 is 11.6 Å². The molecule has 0 saturated carbocycles. The Bertz CT molecular complexity index is 854. The van der Waals surface area contributed by atoms with Gasteiger partial charge in [0.2, 0.25) is 5.91 Å². The molecule has 1 aromatic heterocycles. The van der Waals surface area contributed by atoms with Gasteiger partial charge in [0, 0.05) is 18.5 Å². The van der Waals surface area contributed by atoms with Crippen LogP contribution in [0.5, 0.6) is 0 Å². The molecule has 0 spiro atoms. The fourth-order valence-corrected chi connectivity index (χ4v) is 3.07. The van der Waals surface area contributed by atoms with E-state index < -0.39 is 18.0 Å². The molecule has 26 heavy (non-hydrogen) atoms. The first-order valence-electron chi connectivity index (χ1n) is 8.25. The van der Waals surface area contributed by atoms with Crippen molar-refractivity contribution in [2.45, 2.75) is 39.0 Å². The van der Waals surface area contributed by atoms with Crippen molar-refractivity contribution in [1.82, 2.24) is 20.4 Å².